The molecule has 0 radical (unpaired) electrons. The van der Waals surface area contributed by atoms with Gasteiger partial charge in [-0.15, -0.1) is 0 Å². The molecule has 176 valence electrons. The molecule has 0 aliphatic rings. The molecule has 0 bridgehead atoms. The molecule has 0 saturated heterocycles. The van der Waals surface area contributed by atoms with Crippen molar-refractivity contribution in [2.75, 3.05) is 36.9 Å². The molecule has 0 spiro atoms. The lowest BCUT2D eigenvalue weighted by Gasteiger charge is -2.25. The number of ether oxygens (including phenoxy) is 2. The van der Waals surface area contributed by atoms with Gasteiger partial charge in [-0.3, -0.25) is 9.69 Å². The zero-order chi connectivity index (χ0) is 23.7. The number of hydrogen-bond acceptors (Lipinski definition) is 8. The van der Waals surface area contributed by atoms with Crippen molar-refractivity contribution >= 4 is 39.4 Å². The normalized spacial score (nSPS) is 12.2. The third-order valence-corrected chi connectivity index (χ3v) is 7.89. The first-order valence-electron chi connectivity index (χ1n) is 10.8. The van der Waals surface area contributed by atoms with Crippen molar-refractivity contribution in [3.63, 3.8) is 0 Å². The molecule has 0 aromatic carbocycles. The Balaban J connectivity index is 2.93. The largest absolute Gasteiger partial charge is 0.362 e. The van der Waals surface area contributed by atoms with E-state index < -0.39 is 16.1 Å². The third-order valence-electron chi connectivity index (χ3n) is 4.49. The Morgan fingerprint density at radius 1 is 1.10 bits per heavy atom. The maximum Gasteiger partial charge on any atom is 0.232 e. The number of nitrogens with one attached hydrogen (secondary N) is 2. The number of carbonyl (C=O) groups excluding carboxylic acids is 1. The van der Waals surface area contributed by atoms with E-state index in [1.165, 1.54) is 11.2 Å². The van der Waals surface area contributed by atoms with Crippen LogP contribution in [0.1, 0.15) is 13.8 Å². The van der Waals surface area contributed by atoms with Crippen LogP contribution in [-0.4, -0.2) is 58.7 Å². The van der Waals surface area contributed by atoms with Gasteiger partial charge in [0.2, 0.25) is 5.91 Å². The second-order valence-electron chi connectivity index (χ2n) is 10.3. The smallest absolute Gasteiger partial charge is 0.232 e. The van der Waals surface area contributed by atoms with Gasteiger partial charge in [-0.1, -0.05) is 53.1 Å². The van der Waals surface area contributed by atoms with E-state index in [0.29, 0.717) is 19.0 Å². The van der Waals surface area contributed by atoms with E-state index in [1.807, 2.05) is 13.8 Å². The first-order valence-corrected chi connectivity index (χ1v) is 18.2. The zero-order valence-corrected chi connectivity index (χ0v) is 22.4. The molecule has 1 aromatic rings. The molecule has 0 unspecified atom stereocenters. The fraction of sp³-hybridized carbons (Fsp3) is 0.750. The Morgan fingerprint density at radius 3 is 2.19 bits per heavy atom. The summed E-state index contributed by atoms with van der Waals surface area (Å²) >= 11 is 0. The number of rotatable bonds is 14. The van der Waals surface area contributed by atoms with E-state index in [1.54, 1.807) is 0 Å². The highest BCUT2D eigenvalue weighted by Gasteiger charge is 2.25. The van der Waals surface area contributed by atoms with Crippen LogP contribution in [0.4, 0.5) is 17.3 Å². The monoisotopic (exact) mass is 468 g/mol. The summed E-state index contributed by atoms with van der Waals surface area (Å²) in [6.45, 7) is 18.9. The zero-order valence-electron chi connectivity index (χ0n) is 20.4. The van der Waals surface area contributed by atoms with Crippen LogP contribution in [0.2, 0.25) is 51.4 Å². The van der Waals surface area contributed by atoms with Crippen LogP contribution < -0.4 is 10.2 Å². The number of carbonyl (C=O) groups is 1. The maximum absolute atomic E-state index is 12.9. The summed E-state index contributed by atoms with van der Waals surface area (Å²) in [5.74, 6) is 0.224. The predicted molar refractivity (Wildman–Crippen MR) is 131 cm³/mol. The van der Waals surface area contributed by atoms with Crippen LogP contribution >= 0.6 is 0 Å². The molecular weight excluding hydrogens is 428 g/mol. The fourth-order valence-electron chi connectivity index (χ4n) is 2.44. The van der Waals surface area contributed by atoms with Crippen molar-refractivity contribution in [3.8, 4) is 0 Å². The number of aromatic nitrogens is 2. The topological polar surface area (TPSA) is 113 Å². The van der Waals surface area contributed by atoms with Crippen LogP contribution in [0.5, 0.6) is 0 Å². The Labute approximate surface area is 188 Å². The Morgan fingerprint density at radius 2 is 1.68 bits per heavy atom. The molecule has 1 heterocycles. The number of amides is 1. The number of nitrogens with zero attached hydrogens (tertiary/aromatic N) is 4. The summed E-state index contributed by atoms with van der Waals surface area (Å²) in [6.07, 6.45) is 1.36. The Kier molecular flexibility index (Phi) is 10.9. The van der Waals surface area contributed by atoms with Crippen molar-refractivity contribution < 1.29 is 14.3 Å². The van der Waals surface area contributed by atoms with Gasteiger partial charge in [-0.2, -0.15) is 5.11 Å². The van der Waals surface area contributed by atoms with E-state index in [0.717, 1.165) is 12.1 Å². The second-order valence-corrected chi connectivity index (χ2v) is 21.6. The molecule has 1 aromatic heterocycles. The average Bonchev–Trinajstić information content (AvgIpc) is 2.65. The van der Waals surface area contributed by atoms with Crippen LogP contribution in [0, 0.1) is 11.4 Å². The summed E-state index contributed by atoms with van der Waals surface area (Å²) in [6, 6.07) is 2.06. The third kappa shape index (κ3) is 10.4. The first kappa shape index (κ1) is 27.3. The highest BCUT2D eigenvalue weighted by Crippen LogP contribution is 2.33. The van der Waals surface area contributed by atoms with Gasteiger partial charge >= 0.3 is 0 Å². The van der Waals surface area contributed by atoms with Crippen molar-refractivity contribution in [2.24, 2.45) is 11.0 Å². The lowest BCUT2D eigenvalue weighted by Crippen LogP contribution is -2.37. The van der Waals surface area contributed by atoms with E-state index in [4.69, 9.17) is 15.0 Å². The van der Waals surface area contributed by atoms with Crippen molar-refractivity contribution in [1.82, 2.24) is 9.97 Å². The molecule has 0 aliphatic heterocycles. The SMILES string of the molecule is CC(C)C(=O)N(COCC[Si](C)(C)C)c1ncnc(NCOCC[Si](C)(C)C)c1N=N. The lowest BCUT2D eigenvalue weighted by molar-refractivity contribution is -0.122. The van der Waals surface area contributed by atoms with Gasteiger partial charge in [0, 0.05) is 35.3 Å². The fourth-order valence-corrected chi connectivity index (χ4v) is 3.96. The summed E-state index contributed by atoms with van der Waals surface area (Å²) < 4.78 is 11.5. The number of anilines is 2. The van der Waals surface area contributed by atoms with Crippen LogP contribution in [0.3, 0.4) is 0 Å². The van der Waals surface area contributed by atoms with Crippen molar-refractivity contribution in [3.05, 3.63) is 6.33 Å². The van der Waals surface area contributed by atoms with Crippen molar-refractivity contribution in [2.45, 2.75) is 65.2 Å². The predicted octanol–water partition coefficient (Wildman–Crippen LogP) is 5.16. The van der Waals surface area contributed by atoms with Crippen LogP contribution in [0.15, 0.2) is 11.4 Å². The van der Waals surface area contributed by atoms with E-state index >= 15 is 0 Å². The molecule has 11 heteroatoms. The van der Waals surface area contributed by atoms with Gasteiger partial charge in [0.15, 0.2) is 17.3 Å². The van der Waals surface area contributed by atoms with E-state index in [2.05, 4.69) is 59.7 Å². The average molecular weight is 469 g/mol. The van der Waals surface area contributed by atoms with Gasteiger partial charge in [-0.25, -0.2) is 15.5 Å². The van der Waals surface area contributed by atoms with Crippen molar-refractivity contribution in [1.29, 1.82) is 5.53 Å². The molecule has 1 amide bonds. The van der Waals surface area contributed by atoms with Crippen LogP contribution in [-0.2, 0) is 14.3 Å². The van der Waals surface area contributed by atoms with Gasteiger partial charge in [0.25, 0.3) is 0 Å². The van der Waals surface area contributed by atoms with Gasteiger partial charge < -0.3 is 14.8 Å². The molecular formula is C20H40N6O3Si2. The molecule has 1 rings (SSSR count). The standard InChI is InChI=1S/C20H40N6O3Si2/c1-16(2)20(27)26(15-29-10-12-31(6,7)8)19-17(25-21)18(22-13-23-19)24-14-28-9-11-30(3,4)5/h13,16,21H,9-12,14-15H2,1-8H3,(H,22,23,24). The Bertz CT molecular complexity index is 720. The molecule has 9 nitrogen and oxygen atoms in total. The summed E-state index contributed by atoms with van der Waals surface area (Å²) in [5.41, 5.74) is 7.85. The summed E-state index contributed by atoms with van der Waals surface area (Å²) in [7, 11) is -2.40. The molecule has 0 fully saturated rings. The highest BCUT2D eigenvalue weighted by atomic mass is 28.3. The minimum Gasteiger partial charge on any atom is -0.362 e. The van der Waals surface area contributed by atoms with Crippen LogP contribution in [0.25, 0.3) is 0 Å². The highest BCUT2D eigenvalue weighted by molar-refractivity contribution is 6.76. The van der Waals surface area contributed by atoms with Gasteiger partial charge in [-0.05, 0) is 12.1 Å². The first-order chi connectivity index (χ1) is 14.4. The minimum absolute atomic E-state index is 0.0627. The second kappa shape index (κ2) is 12.4. The minimum atomic E-state index is -1.24. The molecule has 0 atom stereocenters. The summed E-state index contributed by atoms with van der Waals surface area (Å²) in [4.78, 5) is 22.7. The van der Waals surface area contributed by atoms with E-state index in [9.17, 15) is 4.79 Å². The molecule has 0 saturated carbocycles. The molecule has 31 heavy (non-hydrogen) atoms. The molecule has 2 N–H and O–H groups in total. The van der Waals surface area contributed by atoms with Gasteiger partial charge in [0.1, 0.15) is 19.8 Å². The van der Waals surface area contributed by atoms with Gasteiger partial charge in [0.05, 0.1) is 0 Å². The van der Waals surface area contributed by atoms with E-state index in [-0.39, 0.29) is 36.8 Å². The maximum atomic E-state index is 12.9. The quantitative estimate of drug-likeness (QED) is 0.169. The lowest BCUT2D eigenvalue weighted by atomic mass is 10.2. The Hall–Kier alpha value is -1.70. The molecule has 0 aliphatic carbocycles. The summed E-state index contributed by atoms with van der Waals surface area (Å²) in [5, 5.41) is 6.67. The number of hydrogen-bond donors (Lipinski definition) is 2.